The molecular weight excluding hydrogens is 264 g/mol. The van der Waals surface area contributed by atoms with Crippen LogP contribution in [0.1, 0.15) is 24.2 Å². The van der Waals surface area contributed by atoms with Crippen LogP contribution in [0, 0.1) is 0 Å². The molecular formula is C13H14N2O5. The molecule has 0 bridgehead atoms. The standard InChI is InChI=1S/C13H14N2O5/c1-2-13-14-12(15-20-13)6-17-9-4-11-10(18-7-19-11)3-8(9)5-16/h3-4,16H,2,5-7H2,1H3. The fraction of sp³-hybridized carbons (Fsp3) is 0.385. The van der Waals surface area contributed by atoms with E-state index < -0.39 is 0 Å². The summed E-state index contributed by atoms with van der Waals surface area (Å²) in [6, 6.07) is 3.39. The van der Waals surface area contributed by atoms with E-state index in [0.29, 0.717) is 40.9 Å². The largest absolute Gasteiger partial charge is 0.485 e. The van der Waals surface area contributed by atoms with E-state index in [9.17, 15) is 5.11 Å². The fourth-order valence-corrected chi connectivity index (χ4v) is 1.86. The van der Waals surface area contributed by atoms with Crippen molar-refractivity contribution in [3.05, 3.63) is 29.4 Å². The van der Waals surface area contributed by atoms with Crippen LogP contribution in [-0.4, -0.2) is 22.0 Å². The molecule has 1 aliphatic rings. The normalized spacial score (nSPS) is 12.7. The first-order chi connectivity index (χ1) is 9.80. The molecule has 0 spiro atoms. The Morgan fingerprint density at radius 1 is 1.30 bits per heavy atom. The van der Waals surface area contributed by atoms with E-state index in [1.807, 2.05) is 6.92 Å². The van der Waals surface area contributed by atoms with Crippen molar-refractivity contribution in [1.29, 1.82) is 0 Å². The number of aromatic nitrogens is 2. The van der Waals surface area contributed by atoms with Crippen LogP contribution < -0.4 is 14.2 Å². The third-order valence-electron chi connectivity index (χ3n) is 2.90. The van der Waals surface area contributed by atoms with E-state index in [1.165, 1.54) is 0 Å². The monoisotopic (exact) mass is 278 g/mol. The Hall–Kier alpha value is -2.28. The van der Waals surface area contributed by atoms with Crippen molar-refractivity contribution in [2.45, 2.75) is 26.6 Å². The molecule has 0 unspecified atom stereocenters. The topological polar surface area (TPSA) is 86.8 Å². The highest BCUT2D eigenvalue weighted by Crippen LogP contribution is 2.38. The fourth-order valence-electron chi connectivity index (χ4n) is 1.86. The van der Waals surface area contributed by atoms with Crippen molar-refractivity contribution in [2.24, 2.45) is 0 Å². The Morgan fingerprint density at radius 3 is 2.80 bits per heavy atom. The zero-order valence-corrected chi connectivity index (χ0v) is 11.0. The first-order valence-corrected chi connectivity index (χ1v) is 6.27. The quantitative estimate of drug-likeness (QED) is 0.885. The molecule has 1 N–H and O–H groups in total. The second-order valence-electron chi connectivity index (χ2n) is 4.22. The summed E-state index contributed by atoms with van der Waals surface area (Å²) < 4.78 is 21.1. The number of aliphatic hydroxyl groups excluding tert-OH is 1. The Labute approximate surface area is 115 Å². The molecule has 7 heteroatoms. The maximum atomic E-state index is 9.36. The lowest BCUT2D eigenvalue weighted by atomic mass is 10.2. The van der Waals surface area contributed by atoms with Gasteiger partial charge in [-0.05, 0) is 6.07 Å². The first-order valence-electron chi connectivity index (χ1n) is 6.27. The predicted molar refractivity (Wildman–Crippen MR) is 66.5 cm³/mol. The van der Waals surface area contributed by atoms with Gasteiger partial charge >= 0.3 is 0 Å². The minimum atomic E-state index is -0.154. The summed E-state index contributed by atoms with van der Waals surface area (Å²) in [5.41, 5.74) is 0.619. The lowest BCUT2D eigenvalue weighted by Gasteiger charge is -2.09. The van der Waals surface area contributed by atoms with Crippen molar-refractivity contribution in [3.8, 4) is 17.2 Å². The SMILES string of the molecule is CCc1nc(COc2cc3c(cc2CO)OCO3)no1. The molecule has 20 heavy (non-hydrogen) atoms. The van der Waals surface area contributed by atoms with Crippen LogP contribution >= 0.6 is 0 Å². The van der Waals surface area contributed by atoms with Crippen molar-refractivity contribution < 1.29 is 23.8 Å². The molecule has 0 aliphatic carbocycles. The van der Waals surface area contributed by atoms with E-state index in [0.717, 1.165) is 0 Å². The molecule has 0 atom stereocenters. The summed E-state index contributed by atoms with van der Waals surface area (Å²) in [7, 11) is 0. The van der Waals surface area contributed by atoms with Gasteiger partial charge in [0.1, 0.15) is 5.75 Å². The van der Waals surface area contributed by atoms with Gasteiger partial charge in [0.2, 0.25) is 18.5 Å². The first kappa shape index (κ1) is 12.7. The van der Waals surface area contributed by atoms with Gasteiger partial charge in [0.25, 0.3) is 0 Å². The third-order valence-corrected chi connectivity index (χ3v) is 2.90. The number of hydrogen-bond acceptors (Lipinski definition) is 7. The van der Waals surface area contributed by atoms with Gasteiger partial charge in [0.05, 0.1) is 6.61 Å². The van der Waals surface area contributed by atoms with Gasteiger partial charge in [-0.2, -0.15) is 4.98 Å². The molecule has 1 aliphatic heterocycles. The van der Waals surface area contributed by atoms with E-state index in [2.05, 4.69) is 10.1 Å². The molecule has 3 rings (SSSR count). The summed E-state index contributed by atoms with van der Waals surface area (Å²) in [4.78, 5) is 4.15. The molecule has 2 heterocycles. The molecule has 0 radical (unpaired) electrons. The number of ether oxygens (including phenoxy) is 3. The van der Waals surface area contributed by atoms with E-state index >= 15 is 0 Å². The zero-order valence-electron chi connectivity index (χ0n) is 11.0. The van der Waals surface area contributed by atoms with Gasteiger partial charge in [-0.15, -0.1) is 0 Å². The summed E-state index contributed by atoms with van der Waals surface area (Å²) in [6.07, 6.45) is 0.679. The van der Waals surface area contributed by atoms with Gasteiger partial charge in [0.15, 0.2) is 18.1 Å². The highest BCUT2D eigenvalue weighted by molar-refractivity contribution is 5.51. The molecule has 0 saturated carbocycles. The maximum Gasteiger partial charge on any atom is 0.231 e. The summed E-state index contributed by atoms with van der Waals surface area (Å²) in [5.74, 6) is 2.74. The van der Waals surface area contributed by atoms with Gasteiger partial charge in [-0.25, -0.2) is 0 Å². The third kappa shape index (κ3) is 2.39. The second-order valence-corrected chi connectivity index (χ2v) is 4.22. The second kappa shape index (κ2) is 5.38. The number of nitrogens with zero attached hydrogens (tertiary/aromatic N) is 2. The molecule has 0 saturated heterocycles. The van der Waals surface area contributed by atoms with Crippen molar-refractivity contribution >= 4 is 0 Å². The number of hydrogen-bond donors (Lipinski definition) is 1. The number of aliphatic hydroxyl groups is 1. The minimum absolute atomic E-state index is 0.154. The lowest BCUT2D eigenvalue weighted by molar-refractivity contribution is 0.173. The van der Waals surface area contributed by atoms with E-state index in [-0.39, 0.29) is 20.0 Å². The number of fused-ring (bicyclic) bond motifs is 1. The van der Waals surface area contributed by atoms with Crippen LogP contribution in [0.3, 0.4) is 0 Å². The molecule has 2 aromatic rings. The van der Waals surface area contributed by atoms with Gasteiger partial charge in [-0.3, -0.25) is 0 Å². The van der Waals surface area contributed by atoms with Crippen LogP contribution in [0.4, 0.5) is 0 Å². The van der Waals surface area contributed by atoms with Crippen LogP contribution in [0.25, 0.3) is 0 Å². The number of benzene rings is 1. The number of aryl methyl sites for hydroxylation is 1. The van der Waals surface area contributed by atoms with E-state index in [4.69, 9.17) is 18.7 Å². The van der Waals surface area contributed by atoms with Gasteiger partial charge in [-0.1, -0.05) is 12.1 Å². The average molecular weight is 278 g/mol. The van der Waals surface area contributed by atoms with E-state index in [1.54, 1.807) is 12.1 Å². The highest BCUT2D eigenvalue weighted by Gasteiger charge is 2.18. The Kier molecular flexibility index (Phi) is 3.42. The Balaban J connectivity index is 1.76. The van der Waals surface area contributed by atoms with Crippen molar-refractivity contribution in [1.82, 2.24) is 10.1 Å². The lowest BCUT2D eigenvalue weighted by Crippen LogP contribution is -2.00. The predicted octanol–water partition coefficient (Wildman–Crippen LogP) is 1.43. The maximum absolute atomic E-state index is 9.36. The van der Waals surface area contributed by atoms with Crippen LogP contribution in [-0.2, 0) is 19.6 Å². The Bertz CT molecular complexity index is 611. The molecule has 0 fully saturated rings. The molecule has 106 valence electrons. The molecule has 1 aromatic carbocycles. The van der Waals surface area contributed by atoms with Gasteiger partial charge < -0.3 is 23.8 Å². The smallest absolute Gasteiger partial charge is 0.231 e. The molecule has 1 aromatic heterocycles. The average Bonchev–Trinajstić information content (AvgIpc) is 3.12. The summed E-state index contributed by atoms with van der Waals surface area (Å²) in [5, 5.41) is 13.2. The van der Waals surface area contributed by atoms with Crippen LogP contribution in [0.5, 0.6) is 17.2 Å². The Morgan fingerprint density at radius 2 is 2.10 bits per heavy atom. The van der Waals surface area contributed by atoms with Crippen LogP contribution in [0.2, 0.25) is 0 Å². The van der Waals surface area contributed by atoms with Crippen molar-refractivity contribution in [3.63, 3.8) is 0 Å². The minimum Gasteiger partial charge on any atom is -0.485 e. The molecule has 0 amide bonds. The summed E-state index contributed by atoms with van der Waals surface area (Å²) >= 11 is 0. The zero-order chi connectivity index (χ0) is 13.9. The molecule has 7 nitrogen and oxygen atoms in total. The summed E-state index contributed by atoms with van der Waals surface area (Å²) in [6.45, 7) is 2.11. The van der Waals surface area contributed by atoms with Crippen molar-refractivity contribution in [2.75, 3.05) is 6.79 Å². The number of rotatable bonds is 5. The van der Waals surface area contributed by atoms with Crippen LogP contribution in [0.15, 0.2) is 16.7 Å². The highest BCUT2D eigenvalue weighted by atomic mass is 16.7. The van der Waals surface area contributed by atoms with Gasteiger partial charge in [0, 0.05) is 18.1 Å².